The molecule has 0 radical (unpaired) electrons. The smallest absolute Gasteiger partial charge is 0.254 e. The Hall–Kier alpha value is -2.88. The quantitative estimate of drug-likeness (QED) is 0.620. The maximum Gasteiger partial charge on any atom is 0.254 e. The minimum absolute atomic E-state index is 0.163. The lowest BCUT2D eigenvalue weighted by molar-refractivity contribution is 0.0789. The van der Waals surface area contributed by atoms with Crippen LogP contribution < -0.4 is 0 Å². The molecule has 0 unspecified atom stereocenters. The van der Waals surface area contributed by atoms with Crippen molar-refractivity contribution in [1.82, 2.24) is 9.80 Å². The van der Waals surface area contributed by atoms with Crippen LogP contribution in [0, 0.1) is 0 Å². The van der Waals surface area contributed by atoms with E-state index in [2.05, 4.69) is 26.3 Å². The molecule has 1 rings (SSSR count). The summed E-state index contributed by atoms with van der Waals surface area (Å²) in [5.41, 5.74) is 0.920. The Morgan fingerprint density at radius 3 is 1.38 bits per heavy atom. The number of nitrogens with zero attached hydrogens (tertiary/aromatic N) is 2. The van der Waals surface area contributed by atoms with Crippen LogP contribution in [0.3, 0.4) is 0 Å². The van der Waals surface area contributed by atoms with Gasteiger partial charge in [-0.15, -0.1) is 26.3 Å². The predicted octanol–water partition coefficient (Wildman–Crippen LogP) is 3.32. The molecule has 0 atom stereocenters. The molecule has 0 heterocycles. The second-order valence-electron chi connectivity index (χ2n) is 5.16. The Balaban J connectivity index is 3.07. The molecule has 0 aliphatic rings. The van der Waals surface area contributed by atoms with Crippen molar-refractivity contribution >= 4 is 11.8 Å². The molecule has 0 saturated heterocycles. The van der Waals surface area contributed by atoms with E-state index in [1.165, 1.54) is 0 Å². The van der Waals surface area contributed by atoms with E-state index in [0.29, 0.717) is 37.3 Å². The predicted molar refractivity (Wildman–Crippen MR) is 99.0 cm³/mol. The zero-order valence-corrected chi connectivity index (χ0v) is 14.0. The molecular weight excluding hydrogens is 300 g/mol. The van der Waals surface area contributed by atoms with Crippen LogP contribution in [0.15, 0.2) is 74.9 Å². The Bertz CT molecular complexity index is 563. The first-order valence-corrected chi connectivity index (χ1v) is 7.71. The molecule has 0 saturated carbocycles. The van der Waals surface area contributed by atoms with E-state index < -0.39 is 0 Å². The van der Waals surface area contributed by atoms with Crippen molar-refractivity contribution in [1.29, 1.82) is 0 Å². The summed E-state index contributed by atoms with van der Waals surface area (Å²) in [7, 11) is 0. The van der Waals surface area contributed by atoms with Gasteiger partial charge in [0.1, 0.15) is 0 Å². The zero-order chi connectivity index (χ0) is 17.9. The van der Waals surface area contributed by atoms with Gasteiger partial charge in [0.15, 0.2) is 0 Å². The summed E-state index contributed by atoms with van der Waals surface area (Å²) in [4.78, 5) is 28.4. The third kappa shape index (κ3) is 5.09. The molecule has 0 aromatic heterocycles. The fourth-order valence-corrected chi connectivity index (χ4v) is 2.25. The van der Waals surface area contributed by atoms with Gasteiger partial charge in [-0.2, -0.15) is 0 Å². The topological polar surface area (TPSA) is 40.6 Å². The van der Waals surface area contributed by atoms with Gasteiger partial charge >= 0.3 is 0 Å². The lowest BCUT2D eigenvalue weighted by Crippen LogP contribution is -2.33. The largest absolute Gasteiger partial charge is 0.331 e. The van der Waals surface area contributed by atoms with E-state index >= 15 is 0 Å². The van der Waals surface area contributed by atoms with Gasteiger partial charge in [0.2, 0.25) is 0 Å². The summed E-state index contributed by atoms with van der Waals surface area (Å²) in [6, 6.07) is 6.72. The zero-order valence-electron chi connectivity index (χ0n) is 14.0. The molecule has 0 aliphatic heterocycles. The Morgan fingerprint density at radius 1 is 0.750 bits per heavy atom. The average Bonchev–Trinajstić information content (AvgIpc) is 2.60. The molecule has 2 amide bonds. The minimum Gasteiger partial charge on any atom is -0.331 e. The fraction of sp³-hybridized carbons (Fsp3) is 0.200. The number of amides is 2. The Morgan fingerprint density at radius 2 is 1.08 bits per heavy atom. The fourth-order valence-electron chi connectivity index (χ4n) is 2.25. The summed E-state index contributed by atoms with van der Waals surface area (Å²) in [5.74, 6) is -0.327. The molecule has 1 aromatic rings. The van der Waals surface area contributed by atoms with Gasteiger partial charge in [0.25, 0.3) is 11.8 Å². The van der Waals surface area contributed by atoms with Crippen molar-refractivity contribution in [2.75, 3.05) is 26.2 Å². The summed E-state index contributed by atoms with van der Waals surface area (Å²) >= 11 is 0. The molecule has 0 bridgehead atoms. The summed E-state index contributed by atoms with van der Waals surface area (Å²) in [5, 5.41) is 0. The molecule has 0 aliphatic carbocycles. The summed E-state index contributed by atoms with van der Waals surface area (Å²) in [6.07, 6.45) is 6.64. The second-order valence-corrected chi connectivity index (χ2v) is 5.16. The van der Waals surface area contributed by atoms with E-state index in [1.807, 2.05) is 0 Å². The van der Waals surface area contributed by atoms with Crippen LogP contribution in [-0.2, 0) is 0 Å². The van der Waals surface area contributed by atoms with Crippen LogP contribution >= 0.6 is 0 Å². The molecular formula is C20H24N2O2. The lowest BCUT2D eigenvalue weighted by Gasteiger charge is -2.21. The first-order valence-electron chi connectivity index (χ1n) is 7.71. The SMILES string of the molecule is C=CCN(CC=C)C(=O)c1cccc(C(=O)N(CC=C)CC=C)c1. The Kier molecular flexibility index (Phi) is 7.99. The normalized spacial score (nSPS) is 9.67. The number of hydrogen-bond acceptors (Lipinski definition) is 2. The summed E-state index contributed by atoms with van der Waals surface area (Å²) in [6.45, 7) is 16.3. The monoisotopic (exact) mass is 324 g/mol. The van der Waals surface area contributed by atoms with Crippen LogP contribution in [0.4, 0.5) is 0 Å². The molecule has 0 fully saturated rings. The van der Waals surface area contributed by atoms with E-state index in [4.69, 9.17) is 0 Å². The number of rotatable bonds is 10. The van der Waals surface area contributed by atoms with E-state index in [9.17, 15) is 9.59 Å². The van der Waals surface area contributed by atoms with Crippen molar-refractivity contribution in [2.24, 2.45) is 0 Å². The van der Waals surface area contributed by atoms with Gasteiger partial charge in [-0.3, -0.25) is 9.59 Å². The standard InChI is InChI=1S/C20H24N2O2/c1-5-12-21(13-6-2)19(23)17-10-9-11-18(16-17)20(24)22(14-7-3)15-8-4/h5-11,16H,1-4,12-15H2. The van der Waals surface area contributed by atoms with Crippen molar-refractivity contribution in [2.45, 2.75) is 0 Å². The highest BCUT2D eigenvalue weighted by atomic mass is 16.2. The first-order chi connectivity index (χ1) is 11.6. The maximum absolute atomic E-state index is 12.6. The molecule has 4 heteroatoms. The van der Waals surface area contributed by atoms with Gasteiger partial charge in [0.05, 0.1) is 0 Å². The molecule has 24 heavy (non-hydrogen) atoms. The average molecular weight is 324 g/mol. The van der Waals surface area contributed by atoms with Gasteiger partial charge in [-0.25, -0.2) is 0 Å². The van der Waals surface area contributed by atoms with E-state index in [-0.39, 0.29) is 11.8 Å². The van der Waals surface area contributed by atoms with E-state index in [0.717, 1.165) is 0 Å². The lowest BCUT2D eigenvalue weighted by atomic mass is 10.1. The van der Waals surface area contributed by atoms with Crippen molar-refractivity contribution in [3.8, 4) is 0 Å². The molecule has 1 aromatic carbocycles. The van der Waals surface area contributed by atoms with E-state index in [1.54, 1.807) is 58.4 Å². The molecule has 4 nitrogen and oxygen atoms in total. The molecule has 0 N–H and O–H groups in total. The van der Waals surface area contributed by atoms with Crippen LogP contribution in [0.5, 0.6) is 0 Å². The van der Waals surface area contributed by atoms with Gasteiger partial charge in [-0.05, 0) is 18.2 Å². The van der Waals surface area contributed by atoms with Gasteiger partial charge in [0, 0.05) is 37.3 Å². The van der Waals surface area contributed by atoms with Gasteiger partial charge in [-0.1, -0.05) is 30.4 Å². The highest BCUT2D eigenvalue weighted by Crippen LogP contribution is 2.12. The van der Waals surface area contributed by atoms with Crippen molar-refractivity contribution in [3.63, 3.8) is 0 Å². The first kappa shape index (κ1) is 19.2. The molecule has 0 spiro atoms. The third-order valence-corrected chi connectivity index (χ3v) is 3.33. The van der Waals surface area contributed by atoms with Crippen LogP contribution in [0.1, 0.15) is 20.7 Å². The third-order valence-electron chi connectivity index (χ3n) is 3.33. The van der Waals surface area contributed by atoms with Crippen LogP contribution in [0.25, 0.3) is 0 Å². The minimum atomic E-state index is -0.163. The Labute approximate surface area is 144 Å². The molecule has 126 valence electrons. The van der Waals surface area contributed by atoms with Crippen LogP contribution in [0.2, 0.25) is 0 Å². The highest BCUT2D eigenvalue weighted by Gasteiger charge is 2.17. The highest BCUT2D eigenvalue weighted by molar-refractivity contribution is 5.99. The number of carbonyl (C=O) groups excluding carboxylic acids is 2. The maximum atomic E-state index is 12.6. The van der Waals surface area contributed by atoms with Crippen molar-refractivity contribution in [3.05, 3.63) is 86.0 Å². The van der Waals surface area contributed by atoms with Crippen LogP contribution in [-0.4, -0.2) is 47.8 Å². The number of benzene rings is 1. The van der Waals surface area contributed by atoms with Gasteiger partial charge < -0.3 is 9.80 Å². The summed E-state index contributed by atoms with van der Waals surface area (Å²) < 4.78 is 0. The van der Waals surface area contributed by atoms with Crippen molar-refractivity contribution < 1.29 is 9.59 Å². The second kappa shape index (κ2) is 10.0. The number of carbonyl (C=O) groups is 2. The number of hydrogen-bond donors (Lipinski definition) is 0.